The maximum Gasteiger partial charge on any atom is 0.158 e. The summed E-state index contributed by atoms with van der Waals surface area (Å²) in [5.41, 5.74) is 13.8. The van der Waals surface area contributed by atoms with Crippen LogP contribution in [0.3, 0.4) is 0 Å². The minimum absolute atomic E-state index is 0.286. The Hall–Kier alpha value is -3.45. The number of hydrogen-bond donors (Lipinski definition) is 1. The van der Waals surface area contributed by atoms with E-state index >= 15 is 0 Å². The monoisotopic (exact) mass is 417 g/mol. The van der Waals surface area contributed by atoms with Crippen LogP contribution in [0, 0.1) is 26.6 Å². The van der Waals surface area contributed by atoms with Crippen molar-refractivity contribution in [3.05, 3.63) is 76.8 Å². The summed E-state index contributed by atoms with van der Waals surface area (Å²) in [7, 11) is 0. The molecule has 0 fully saturated rings. The van der Waals surface area contributed by atoms with Gasteiger partial charge in [0.2, 0.25) is 0 Å². The van der Waals surface area contributed by atoms with Crippen LogP contribution in [0.2, 0.25) is 0 Å². The summed E-state index contributed by atoms with van der Waals surface area (Å²) in [6.45, 7) is 6.09. The largest absolute Gasteiger partial charge is 0.383 e. The zero-order valence-corrected chi connectivity index (χ0v) is 17.7. The Morgan fingerprint density at radius 2 is 1.67 bits per heavy atom. The van der Waals surface area contributed by atoms with E-state index in [0.717, 1.165) is 33.1 Å². The maximum absolute atomic E-state index is 13.4. The molecule has 0 aliphatic heterocycles. The minimum Gasteiger partial charge on any atom is -0.383 e. The predicted octanol–water partition coefficient (Wildman–Crippen LogP) is 5.56. The molecule has 0 bridgehead atoms. The Labute approximate surface area is 177 Å². The van der Waals surface area contributed by atoms with E-state index < -0.39 is 0 Å². The van der Waals surface area contributed by atoms with Gasteiger partial charge in [-0.3, -0.25) is 0 Å². The van der Waals surface area contributed by atoms with Crippen molar-refractivity contribution in [1.29, 1.82) is 0 Å². The van der Waals surface area contributed by atoms with Crippen molar-refractivity contribution in [3.63, 3.8) is 0 Å². The lowest BCUT2D eigenvalue weighted by Gasteiger charge is -2.10. The van der Waals surface area contributed by atoms with E-state index in [0.29, 0.717) is 11.5 Å². The number of hydrogen-bond acceptors (Lipinski definition) is 4. The Morgan fingerprint density at radius 1 is 0.967 bits per heavy atom. The SMILES string of the molecule is Cc1nc2cc(-c3sccc3-n3c(C)ccc3C)nn2c(N)c1-c1ccc(F)cc1. The van der Waals surface area contributed by atoms with Gasteiger partial charge in [0.05, 0.1) is 16.3 Å². The molecule has 0 radical (unpaired) electrons. The summed E-state index contributed by atoms with van der Waals surface area (Å²) in [6, 6.07) is 14.6. The lowest BCUT2D eigenvalue weighted by Crippen LogP contribution is -2.05. The second kappa shape index (κ2) is 6.81. The number of halogens is 1. The second-order valence-electron chi connectivity index (χ2n) is 7.35. The second-order valence-corrected chi connectivity index (χ2v) is 8.27. The Morgan fingerprint density at radius 3 is 2.37 bits per heavy atom. The van der Waals surface area contributed by atoms with E-state index in [1.807, 2.05) is 13.0 Å². The number of thiophene rings is 1. The fraction of sp³-hybridized carbons (Fsp3) is 0.130. The fourth-order valence-electron chi connectivity index (χ4n) is 3.95. The minimum atomic E-state index is -0.286. The van der Waals surface area contributed by atoms with Gasteiger partial charge in [0.25, 0.3) is 0 Å². The number of nitrogen functional groups attached to an aromatic ring is 1. The van der Waals surface area contributed by atoms with Crippen molar-refractivity contribution in [2.75, 3.05) is 5.73 Å². The van der Waals surface area contributed by atoms with Crippen LogP contribution in [0.25, 0.3) is 33.0 Å². The molecule has 5 nitrogen and oxygen atoms in total. The summed E-state index contributed by atoms with van der Waals surface area (Å²) in [5, 5.41) is 6.85. The van der Waals surface area contributed by atoms with Crippen molar-refractivity contribution in [1.82, 2.24) is 19.2 Å². The summed E-state index contributed by atoms with van der Waals surface area (Å²) in [6.07, 6.45) is 0. The van der Waals surface area contributed by atoms with Crippen LogP contribution in [0.15, 0.2) is 53.9 Å². The topological polar surface area (TPSA) is 61.1 Å². The van der Waals surface area contributed by atoms with E-state index in [-0.39, 0.29) is 5.82 Å². The molecule has 1 aromatic carbocycles. The van der Waals surface area contributed by atoms with Crippen LogP contribution in [0.1, 0.15) is 17.1 Å². The molecule has 0 atom stereocenters. The van der Waals surface area contributed by atoms with E-state index in [1.54, 1.807) is 28.0 Å². The molecule has 150 valence electrons. The normalized spacial score (nSPS) is 11.5. The molecule has 0 saturated heterocycles. The van der Waals surface area contributed by atoms with Gasteiger partial charge in [0.15, 0.2) is 5.65 Å². The van der Waals surface area contributed by atoms with Gasteiger partial charge < -0.3 is 10.3 Å². The summed E-state index contributed by atoms with van der Waals surface area (Å²) >= 11 is 1.64. The van der Waals surface area contributed by atoms with Gasteiger partial charge in [0.1, 0.15) is 17.3 Å². The highest BCUT2D eigenvalue weighted by Gasteiger charge is 2.19. The van der Waals surface area contributed by atoms with Crippen LogP contribution in [0.5, 0.6) is 0 Å². The van der Waals surface area contributed by atoms with Crippen LogP contribution in [0.4, 0.5) is 10.2 Å². The average molecular weight is 418 g/mol. The maximum atomic E-state index is 13.4. The molecule has 30 heavy (non-hydrogen) atoms. The van der Waals surface area contributed by atoms with Crippen molar-refractivity contribution < 1.29 is 4.39 Å². The molecule has 4 heterocycles. The molecule has 0 aliphatic rings. The zero-order valence-electron chi connectivity index (χ0n) is 16.8. The Bertz CT molecular complexity index is 1370. The van der Waals surface area contributed by atoms with Gasteiger partial charge in [-0.25, -0.2) is 9.37 Å². The lowest BCUT2D eigenvalue weighted by molar-refractivity contribution is 0.628. The highest BCUT2D eigenvalue weighted by Crippen LogP contribution is 2.35. The average Bonchev–Trinajstić information content (AvgIpc) is 3.42. The molecule has 0 saturated carbocycles. The number of benzene rings is 1. The molecular formula is C23H20FN5S. The Kier molecular flexibility index (Phi) is 4.22. The third-order valence-corrected chi connectivity index (χ3v) is 6.27. The van der Waals surface area contributed by atoms with Gasteiger partial charge in [-0.15, -0.1) is 11.3 Å². The van der Waals surface area contributed by atoms with Crippen LogP contribution in [-0.2, 0) is 0 Å². The van der Waals surface area contributed by atoms with Crippen molar-refractivity contribution >= 4 is 22.8 Å². The number of aryl methyl sites for hydroxylation is 3. The first kappa shape index (κ1) is 18.6. The van der Waals surface area contributed by atoms with Gasteiger partial charge in [0, 0.05) is 23.0 Å². The highest BCUT2D eigenvalue weighted by molar-refractivity contribution is 7.14. The van der Waals surface area contributed by atoms with Crippen LogP contribution < -0.4 is 5.73 Å². The highest BCUT2D eigenvalue weighted by atomic mass is 32.1. The van der Waals surface area contributed by atoms with E-state index in [4.69, 9.17) is 15.8 Å². The summed E-state index contributed by atoms with van der Waals surface area (Å²) in [5.74, 6) is 0.202. The van der Waals surface area contributed by atoms with Crippen LogP contribution >= 0.6 is 11.3 Å². The predicted molar refractivity (Wildman–Crippen MR) is 120 cm³/mol. The first-order chi connectivity index (χ1) is 14.4. The first-order valence-electron chi connectivity index (χ1n) is 9.59. The summed E-state index contributed by atoms with van der Waals surface area (Å²) < 4.78 is 17.3. The molecule has 5 rings (SSSR count). The number of anilines is 1. The molecular weight excluding hydrogens is 397 g/mol. The summed E-state index contributed by atoms with van der Waals surface area (Å²) in [4.78, 5) is 5.78. The van der Waals surface area contributed by atoms with E-state index in [2.05, 4.69) is 42.0 Å². The molecule has 7 heteroatoms. The van der Waals surface area contributed by atoms with Gasteiger partial charge >= 0.3 is 0 Å². The molecule has 0 spiro atoms. The third-order valence-electron chi connectivity index (χ3n) is 5.34. The van der Waals surface area contributed by atoms with Crippen LogP contribution in [-0.4, -0.2) is 19.2 Å². The van der Waals surface area contributed by atoms with Crippen molar-refractivity contribution in [2.24, 2.45) is 0 Å². The third kappa shape index (κ3) is 2.81. The zero-order chi connectivity index (χ0) is 21.0. The van der Waals surface area contributed by atoms with Crippen molar-refractivity contribution in [2.45, 2.75) is 20.8 Å². The molecule has 0 aliphatic carbocycles. The lowest BCUT2D eigenvalue weighted by atomic mass is 10.1. The van der Waals surface area contributed by atoms with Gasteiger partial charge in [-0.05, 0) is 62.0 Å². The quantitative estimate of drug-likeness (QED) is 0.418. The first-order valence-corrected chi connectivity index (χ1v) is 10.5. The smallest absolute Gasteiger partial charge is 0.158 e. The number of fused-ring (bicyclic) bond motifs is 1. The molecule has 0 unspecified atom stereocenters. The number of rotatable bonds is 3. The molecule has 0 amide bonds. The van der Waals surface area contributed by atoms with Gasteiger partial charge in [-0.1, -0.05) is 12.1 Å². The Balaban J connectivity index is 1.68. The van der Waals surface area contributed by atoms with E-state index in [1.165, 1.54) is 23.5 Å². The number of nitrogens with two attached hydrogens (primary N) is 1. The molecule has 2 N–H and O–H groups in total. The molecule has 4 aromatic heterocycles. The molecule has 5 aromatic rings. The van der Waals surface area contributed by atoms with Gasteiger partial charge in [-0.2, -0.15) is 9.61 Å². The van der Waals surface area contributed by atoms with Crippen molar-refractivity contribution in [3.8, 4) is 27.4 Å². The number of nitrogens with zero attached hydrogens (tertiary/aromatic N) is 4. The number of aromatic nitrogens is 4. The van der Waals surface area contributed by atoms with E-state index in [9.17, 15) is 4.39 Å². The standard InChI is InChI=1S/C23H20FN5S/c1-13-4-5-14(2)28(13)19-10-11-30-22(19)18-12-20-26-15(3)21(23(25)29(20)27-18)16-6-8-17(24)9-7-16/h4-12H,25H2,1-3H3. The fourth-order valence-corrected chi connectivity index (χ4v) is 4.78.